The molecular formula is C13H18BrN3O2. The molecule has 1 aromatic rings. The largest absolute Gasteiger partial charge is 0.480 e. The third-order valence-electron chi connectivity index (χ3n) is 3.88. The number of rotatable bonds is 2. The van der Waals surface area contributed by atoms with Crippen molar-refractivity contribution < 1.29 is 9.47 Å². The molecule has 0 bridgehead atoms. The van der Waals surface area contributed by atoms with E-state index >= 15 is 0 Å². The molecule has 5 nitrogen and oxygen atoms in total. The van der Waals surface area contributed by atoms with Gasteiger partial charge >= 0.3 is 0 Å². The molecule has 104 valence electrons. The predicted octanol–water partition coefficient (Wildman–Crippen LogP) is 2.40. The maximum atomic E-state index is 5.88. The summed E-state index contributed by atoms with van der Waals surface area (Å²) in [7, 11) is 1.62. The third-order valence-corrected chi connectivity index (χ3v) is 4.43. The second-order valence-corrected chi connectivity index (χ2v) is 5.84. The first-order valence-electron chi connectivity index (χ1n) is 6.74. The van der Waals surface area contributed by atoms with E-state index in [0.29, 0.717) is 18.0 Å². The summed E-state index contributed by atoms with van der Waals surface area (Å²) in [6.07, 6.45) is 6.92. The zero-order valence-electron chi connectivity index (χ0n) is 11.0. The maximum Gasteiger partial charge on any atom is 0.232 e. The highest BCUT2D eigenvalue weighted by Gasteiger charge is 2.35. The molecule has 0 radical (unpaired) electrons. The fourth-order valence-electron chi connectivity index (χ4n) is 2.97. The van der Waals surface area contributed by atoms with Crippen LogP contribution in [0.25, 0.3) is 0 Å². The Balaban J connectivity index is 1.87. The van der Waals surface area contributed by atoms with Gasteiger partial charge in [-0.25, -0.2) is 4.98 Å². The van der Waals surface area contributed by atoms with Crippen LogP contribution in [0.3, 0.4) is 0 Å². The fourth-order valence-corrected chi connectivity index (χ4v) is 3.32. The number of halogens is 1. The maximum absolute atomic E-state index is 5.88. The van der Waals surface area contributed by atoms with Crippen LogP contribution in [0.1, 0.15) is 25.7 Å². The first kappa shape index (κ1) is 13.1. The van der Waals surface area contributed by atoms with Crippen LogP contribution in [-0.2, 0) is 4.74 Å². The van der Waals surface area contributed by atoms with Gasteiger partial charge in [-0.3, -0.25) is 0 Å². The molecule has 19 heavy (non-hydrogen) atoms. The highest BCUT2D eigenvalue weighted by molar-refractivity contribution is 9.10. The summed E-state index contributed by atoms with van der Waals surface area (Å²) in [5, 5.41) is 0. The Hall–Kier alpha value is -0.880. The van der Waals surface area contributed by atoms with Crippen molar-refractivity contribution in [1.29, 1.82) is 0 Å². The Labute approximate surface area is 121 Å². The van der Waals surface area contributed by atoms with Crippen LogP contribution in [0.4, 0.5) is 5.95 Å². The lowest BCUT2D eigenvalue weighted by atomic mass is 9.90. The number of hydrogen-bond acceptors (Lipinski definition) is 5. The average Bonchev–Trinajstić information content (AvgIpc) is 2.47. The molecule has 1 saturated heterocycles. The minimum absolute atomic E-state index is 0.334. The SMILES string of the molecule is COc1nc(N2CCOC3CCCCC32)ncc1Br. The van der Waals surface area contributed by atoms with Crippen LogP contribution < -0.4 is 9.64 Å². The number of ether oxygens (including phenoxy) is 2. The number of nitrogens with zero attached hydrogens (tertiary/aromatic N) is 3. The fraction of sp³-hybridized carbons (Fsp3) is 0.692. The molecule has 2 atom stereocenters. The Morgan fingerprint density at radius 3 is 3.11 bits per heavy atom. The minimum Gasteiger partial charge on any atom is -0.480 e. The zero-order valence-corrected chi connectivity index (χ0v) is 12.6. The number of anilines is 1. The Kier molecular flexibility index (Phi) is 3.88. The molecule has 2 aliphatic rings. The summed E-state index contributed by atoms with van der Waals surface area (Å²) in [5.74, 6) is 1.34. The van der Waals surface area contributed by atoms with Gasteiger partial charge in [0.1, 0.15) is 0 Å². The Morgan fingerprint density at radius 2 is 2.26 bits per heavy atom. The summed E-state index contributed by atoms with van der Waals surface area (Å²) < 4.78 is 11.9. The molecule has 0 aromatic carbocycles. The van der Waals surface area contributed by atoms with E-state index in [4.69, 9.17) is 9.47 Å². The number of aromatic nitrogens is 2. The summed E-state index contributed by atoms with van der Waals surface area (Å²) in [6.45, 7) is 1.61. The van der Waals surface area contributed by atoms with Crippen LogP contribution in [0, 0.1) is 0 Å². The first-order chi connectivity index (χ1) is 9.29. The van der Waals surface area contributed by atoms with Crippen molar-refractivity contribution in [3.63, 3.8) is 0 Å². The van der Waals surface area contributed by atoms with Gasteiger partial charge in [0.2, 0.25) is 11.8 Å². The van der Waals surface area contributed by atoms with Crippen molar-refractivity contribution in [2.75, 3.05) is 25.2 Å². The Bertz CT molecular complexity index is 456. The molecule has 0 amide bonds. The van der Waals surface area contributed by atoms with Gasteiger partial charge in [0, 0.05) is 6.54 Å². The van der Waals surface area contributed by atoms with Gasteiger partial charge in [-0.1, -0.05) is 12.8 Å². The first-order valence-corrected chi connectivity index (χ1v) is 7.53. The van der Waals surface area contributed by atoms with Gasteiger partial charge in [0.05, 0.1) is 36.5 Å². The molecule has 2 fully saturated rings. The zero-order chi connectivity index (χ0) is 13.2. The van der Waals surface area contributed by atoms with Crippen molar-refractivity contribution in [3.05, 3.63) is 10.7 Å². The van der Waals surface area contributed by atoms with Crippen LogP contribution in [0.5, 0.6) is 5.88 Å². The van der Waals surface area contributed by atoms with Crippen LogP contribution >= 0.6 is 15.9 Å². The quantitative estimate of drug-likeness (QED) is 0.834. The van der Waals surface area contributed by atoms with Gasteiger partial charge in [0.15, 0.2) is 0 Å². The number of methoxy groups -OCH3 is 1. The molecule has 1 aliphatic heterocycles. The van der Waals surface area contributed by atoms with E-state index in [1.54, 1.807) is 13.3 Å². The predicted molar refractivity (Wildman–Crippen MR) is 75.6 cm³/mol. The van der Waals surface area contributed by atoms with Crippen molar-refractivity contribution in [1.82, 2.24) is 9.97 Å². The smallest absolute Gasteiger partial charge is 0.232 e. The molecule has 3 rings (SSSR count). The molecule has 0 spiro atoms. The monoisotopic (exact) mass is 327 g/mol. The molecule has 2 heterocycles. The lowest BCUT2D eigenvalue weighted by Gasteiger charge is -2.43. The number of fused-ring (bicyclic) bond motifs is 1. The van der Waals surface area contributed by atoms with Gasteiger partial charge < -0.3 is 14.4 Å². The van der Waals surface area contributed by atoms with Crippen molar-refractivity contribution in [3.8, 4) is 5.88 Å². The minimum atomic E-state index is 0.334. The Morgan fingerprint density at radius 1 is 1.42 bits per heavy atom. The van der Waals surface area contributed by atoms with Gasteiger partial charge in [-0.2, -0.15) is 4.98 Å². The number of morpholine rings is 1. The lowest BCUT2D eigenvalue weighted by Crippen LogP contribution is -2.53. The van der Waals surface area contributed by atoms with Crippen LogP contribution in [0.2, 0.25) is 0 Å². The van der Waals surface area contributed by atoms with E-state index in [1.807, 2.05) is 0 Å². The van der Waals surface area contributed by atoms with E-state index < -0.39 is 0 Å². The molecular weight excluding hydrogens is 310 g/mol. The summed E-state index contributed by atoms with van der Waals surface area (Å²) in [4.78, 5) is 11.2. The third kappa shape index (κ3) is 2.56. The molecule has 2 unspecified atom stereocenters. The summed E-state index contributed by atoms with van der Waals surface area (Å²) in [6, 6.07) is 0.411. The van der Waals surface area contributed by atoms with Gasteiger partial charge in [-0.15, -0.1) is 0 Å². The molecule has 1 aromatic heterocycles. The highest BCUT2D eigenvalue weighted by Crippen LogP contribution is 2.32. The normalized spacial score (nSPS) is 26.9. The van der Waals surface area contributed by atoms with Gasteiger partial charge in [0.25, 0.3) is 0 Å². The molecule has 0 N–H and O–H groups in total. The second-order valence-electron chi connectivity index (χ2n) is 4.98. The average molecular weight is 328 g/mol. The highest BCUT2D eigenvalue weighted by atomic mass is 79.9. The summed E-state index contributed by atoms with van der Waals surface area (Å²) in [5.41, 5.74) is 0. The molecule has 1 saturated carbocycles. The van der Waals surface area contributed by atoms with Crippen LogP contribution in [0.15, 0.2) is 10.7 Å². The summed E-state index contributed by atoms with van der Waals surface area (Å²) >= 11 is 3.39. The van der Waals surface area contributed by atoms with E-state index in [-0.39, 0.29) is 0 Å². The molecule has 6 heteroatoms. The van der Waals surface area contributed by atoms with Gasteiger partial charge in [-0.05, 0) is 28.8 Å². The van der Waals surface area contributed by atoms with Crippen molar-refractivity contribution >= 4 is 21.9 Å². The van der Waals surface area contributed by atoms with Crippen molar-refractivity contribution in [2.45, 2.75) is 37.8 Å². The molecule has 1 aliphatic carbocycles. The van der Waals surface area contributed by atoms with Crippen molar-refractivity contribution in [2.24, 2.45) is 0 Å². The second kappa shape index (κ2) is 5.63. The van der Waals surface area contributed by atoms with E-state index in [0.717, 1.165) is 36.4 Å². The standard InChI is InChI=1S/C13H18BrN3O2/c1-18-12-9(14)8-15-13(16-12)17-6-7-19-11-5-3-2-4-10(11)17/h8,10-11H,2-7H2,1H3. The van der Waals surface area contributed by atoms with E-state index in [1.165, 1.54) is 12.8 Å². The van der Waals surface area contributed by atoms with E-state index in [2.05, 4.69) is 30.8 Å². The van der Waals surface area contributed by atoms with Crippen LogP contribution in [-0.4, -0.2) is 42.4 Å². The van der Waals surface area contributed by atoms with E-state index in [9.17, 15) is 0 Å². The number of hydrogen-bond donors (Lipinski definition) is 0. The topological polar surface area (TPSA) is 47.5 Å². The lowest BCUT2D eigenvalue weighted by molar-refractivity contribution is -0.00936.